The predicted molar refractivity (Wildman–Crippen MR) is 79.5 cm³/mol. The first kappa shape index (κ1) is 15.4. The number of anilines is 1. The number of carbonyl (C=O) groups excluding carboxylic acids is 1. The Morgan fingerprint density at radius 1 is 1.36 bits per heavy atom. The summed E-state index contributed by atoms with van der Waals surface area (Å²) in [6.45, 7) is 3.54. The van der Waals surface area contributed by atoms with Crippen LogP contribution in [0.2, 0.25) is 0 Å². The molecule has 0 atom stereocenters. The van der Waals surface area contributed by atoms with Gasteiger partial charge in [-0.2, -0.15) is 4.57 Å². The van der Waals surface area contributed by atoms with Crippen LogP contribution in [0.15, 0.2) is 36.7 Å². The third-order valence-electron chi connectivity index (χ3n) is 3.25. The van der Waals surface area contributed by atoms with E-state index in [-0.39, 0.29) is 23.7 Å². The van der Waals surface area contributed by atoms with Gasteiger partial charge in [-0.15, -0.1) is 0 Å². The molecule has 0 aliphatic heterocycles. The minimum absolute atomic E-state index is 0.0347. The van der Waals surface area contributed by atoms with E-state index in [1.807, 2.05) is 6.92 Å². The maximum absolute atomic E-state index is 12.0. The minimum Gasteiger partial charge on any atom is -0.503 e. The first-order valence-corrected chi connectivity index (χ1v) is 6.60. The Balaban J connectivity index is 2.21. The average molecular weight is 302 g/mol. The monoisotopic (exact) mass is 302 g/mol. The zero-order valence-electron chi connectivity index (χ0n) is 12.2. The number of aryl methyl sites for hydroxylation is 2. The van der Waals surface area contributed by atoms with Crippen molar-refractivity contribution in [2.75, 3.05) is 5.32 Å². The summed E-state index contributed by atoms with van der Waals surface area (Å²) in [5, 5.41) is 23.0. The number of nitrogens with zero attached hydrogens (tertiary/aromatic N) is 2. The number of hydrogen-bond donors (Lipinski definition) is 2. The van der Waals surface area contributed by atoms with Crippen molar-refractivity contribution in [3.63, 3.8) is 0 Å². The Hall–Kier alpha value is -2.96. The molecule has 0 unspecified atom stereocenters. The molecular weight excluding hydrogens is 286 g/mol. The molecule has 1 amide bonds. The van der Waals surface area contributed by atoms with E-state index in [1.54, 1.807) is 25.3 Å². The van der Waals surface area contributed by atoms with Crippen molar-refractivity contribution >= 4 is 17.3 Å². The van der Waals surface area contributed by atoms with E-state index in [4.69, 9.17) is 0 Å². The molecule has 2 rings (SSSR count). The van der Waals surface area contributed by atoms with Crippen LogP contribution >= 0.6 is 0 Å². The lowest BCUT2D eigenvalue weighted by atomic mass is 10.1. The average Bonchev–Trinajstić information content (AvgIpc) is 2.42. The number of hydrogen-bond acceptors (Lipinski definition) is 4. The van der Waals surface area contributed by atoms with Gasteiger partial charge in [0, 0.05) is 12.1 Å². The highest BCUT2D eigenvalue weighted by Crippen LogP contribution is 2.27. The van der Waals surface area contributed by atoms with Gasteiger partial charge in [0.15, 0.2) is 11.9 Å². The number of pyridine rings is 1. The summed E-state index contributed by atoms with van der Waals surface area (Å²) in [6, 6.07) is 6.11. The summed E-state index contributed by atoms with van der Waals surface area (Å²) in [6.07, 6.45) is 3.02. The van der Waals surface area contributed by atoms with Crippen LogP contribution in [-0.2, 0) is 11.3 Å². The lowest BCUT2D eigenvalue weighted by molar-refractivity contribution is -0.684. The maximum atomic E-state index is 12.0. The molecule has 0 aliphatic carbocycles. The number of nitrogens with one attached hydrogen (secondary N) is 1. The smallest absolute Gasteiger partial charge is 0.293 e. The van der Waals surface area contributed by atoms with E-state index in [0.29, 0.717) is 0 Å². The molecule has 1 aromatic heterocycles. The van der Waals surface area contributed by atoms with Gasteiger partial charge in [-0.25, -0.2) is 0 Å². The molecule has 0 aliphatic rings. The van der Waals surface area contributed by atoms with Crippen molar-refractivity contribution in [1.82, 2.24) is 0 Å². The molecule has 0 saturated carbocycles. The maximum Gasteiger partial charge on any atom is 0.293 e. The van der Waals surface area contributed by atoms with Crippen molar-refractivity contribution in [3.8, 4) is 5.75 Å². The topological polar surface area (TPSA) is 96.4 Å². The fourth-order valence-electron chi connectivity index (χ4n) is 2.01. The third kappa shape index (κ3) is 3.57. The number of aromatic nitrogens is 1. The van der Waals surface area contributed by atoms with Gasteiger partial charge in [-0.3, -0.25) is 14.9 Å². The van der Waals surface area contributed by atoms with E-state index >= 15 is 0 Å². The van der Waals surface area contributed by atoms with Crippen molar-refractivity contribution in [2.45, 2.75) is 20.4 Å². The fraction of sp³-hybridized carbons (Fsp3) is 0.200. The van der Waals surface area contributed by atoms with Crippen molar-refractivity contribution < 1.29 is 19.4 Å². The molecule has 0 saturated heterocycles. The number of carbonyl (C=O) groups is 1. The standard InChI is InChI=1S/C15H15N3O4/c1-10-6-13(14(18(21)22)7-11(10)2)16-15(20)9-17-5-3-4-12(19)8-17/h3-8H,9H2,1-2H3,(H-,16,19,20)/p+1. The van der Waals surface area contributed by atoms with Crippen molar-refractivity contribution in [2.24, 2.45) is 0 Å². The fourth-order valence-corrected chi connectivity index (χ4v) is 2.01. The van der Waals surface area contributed by atoms with Crippen LogP contribution in [0.25, 0.3) is 0 Å². The summed E-state index contributed by atoms with van der Waals surface area (Å²) in [7, 11) is 0. The van der Waals surface area contributed by atoms with E-state index < -0.39 is 10.8 Å². The zero-order valence-corrected chi connectivity index (χ0v) is 12.2. The van der Waals surface area contributed by atoms with E-state index in [0.717, 1.165) is 11.1 Å². The zero-order chi connectivity index (χ0) is 16.3. The summed E-state index contributed by atoms with van der Waals surface area (Å²) in [5.74, 6) is -0.380. The molecule has 0 radical (unpaired) electrons. The molecular formula is C15H16N3O4+. The molecule has 2 N–H and O–H groups in total. The second-order valence-electron chi connectivity index (χ2n) is 4.99. The van der Waals surface area contributed by atoms with Crippen LogP contribution in [0.4, 0.5) is 11.4 Å². The summed E-state index contributed by atoms with van der Waals surface area (Å²) in [5.41, 5.74) is 1.66. The van der Waals surface area contributed by atoms with E-state index in [1.165, 1.54) is 22.9 Å². The van der Waals surface area contributed by atoms with Gasteiger partial charge < -0.3 is 10.4 Å². The molecule has 0 bridgehead atoms. The van der Waals surface area contributed by atoms with Gasteiger partial charge in [-0.1, -0.05) is 0 Å². The van der Waals surface area contributed by atoms with E-state index in [2.05, 4.69) is 5.32 Å². The number of amides is 1. The molecule has 1 aromatic carbocycles. The van der Waals surface area contributed by atoms with Crippen LogP contribution in [0.5, 0.6) is 5.75 Å². The highest BCUT2D eigenvalue weighted by Gasteiger charge is 2.19. The first-order chi connectivity index (χ1) is 10.4. The van der Waals surface area contributed by atoms with Crippen LogP contribution in [0, 0.1) is 24.0 Å². The van der Waals surface area contributed by atoms with E-state index in [9.17, 15) is 20.0 Å². The number of nitro benzene ring substituents is 1. The number of benzene rings is 1. The Morgan fingerprint density at radius 3 is 2.68 bits per heavy atom. The molecule has 1 heterocycles. The van der Waals surface area contributed by atoms with Gasteiger partial charge in [0.25, 0.3) is 11.6 Å². The summed E-state index contributed by atoms with van der Waals surface area (Å²) in [4.78, 5) is 22.6. The molecule has 0 fully saturated rings. The van der Waals surface area contributed by atoms with Crippen LogP contribution in [-0.4, -0.2) is 15.9 Å². The summed E-state index contributed by atoms with van der Waals surface area (Å²) >= 11 is 0. The third-order valence-corrected chi connectivity index (χ3v) is 3.25. The van der Waals surface area contributed by atoms with Gasteiger partial charge in [0.05, 0.1) is 4.92 Å². The van der Waals surface area contributed by atoms with Crippen LogP contribution < -0.4 is 9.88 Å². The SMILES string of the molecule is Cc1cc(NC(=O)C[n+]2cccc(O)c2)c([N+](=O)[O-])cc1C. The molecule has 0 spiro atoms. The second-order valence-corrected chi connectivity index (χ2v) is 4.99. The Morgan fingerprint density at radius 2 is 2.05 bits per heavy atom. The summed E-state index contributed by atoms with van der Waals surface area (Å²) < 4.78 is 1.48. The number of nitro groups is 1. The quantitative estimate of drug-likeness (QED) is 0.511. The molecule has 114 valence electrons. The van der Waals surface area contributed by atoms with Gasteiger partial charge in [0.2, 0.25) is 12.7 Å². The lowest BCUT2D eigenvalue weighted by Gasteiger charge is -2.07. The highest BCUT2D eigenvalue weighted by atomic mass is 16.6. The minimum atomic E-state index is -0.524. The van der Waals surface area contributed by atoms with Crippen molar-refractivity contribution in [3.05, 3.63) is 57.9 Å². The molecule has 22 heavy (non-hydrogen) atoms. The van der Waals surface area contributed by atoms with Gasteiger partial charge >= 0.3 is 0 Å². The van der Waals surface area contributed by atoms with Gasteiger partial charge in [-0.05, 0) is 37.1 Å². The second kappa shape index (κ2) is 6.21. The molecule has 2 aromatic rings. The number of rotatable bonds is 4. The largest absolute Gasteiger partial charge is 0.503 e. The Kier molecular flexibility index (Phi) is 4.36. The normalized spacial score (nSPS) is 10.3. The Labute approximate surface area is 127 Å². The van der Waals surface area contributed by atoms with Crippen LogP contribution in [0.1, 0.15) is 11.1 Å². The molecule has 7 heteroatoms. The lowest BCUT2D eigenvalue weighted by Crippen LogP contribution is -2.39. The van der Waals surface area contributed by atoms with Crippen molar-refractivity contribution in [1.29, 1.82) is 0 Å². The first-order valence-electron chi connectivity index (χ1n) is 6.60. The predicted octanol–water partition coefficient (Wildman–Crippen LogP) is 1.84. The number of aromatic hydroxyl groups is 1. The van der Waals surface area contributed by atoms with Crippen LogP contribution in [0.3, 0.4) is 0 Å². The highest BCUT2D eigenvalue weighted by molar-refractivity contribution is 5.92. The van der Waals surface area contributed by atoms with Gasteiger partial charge in [0.1, 0.15) is 5.69 Å². The Bertz CT molecular complexity index is 744. The molecule has 7 nitrogen and oxygen atoms in total.